The monoisotopic (exact) mass is 1010 g/mol. The number of carbonyl (C=O) groups is 2. The minimum Gasteiger partial charge on any atom is -0.497 e. The molecule has 3 aliphatic heterocycles. The van der Waals surface area contributed by atoms with Gasteiger partial charge in [0.1, 0.15) is 47.4 Å². The van der Waals surface area contributed by atoms with Gasteiger partial charge in [-0.2, -0.15) is 0 Å². The third kappa shape index (κ3) is 12.3. The molecule has 74 heavy (non-hydrogen) atoms. The zero-order valence-electron chi connectivity index (χ0n) is 42.3. The summed E-state index contributed by atoms with van der Waals surface area (Å²) in [4.78, 5) is 29.8. The topological polar surface area (TPSA) is 175 Å². The molecule has 15 heteroatoms. The third-order valence-corrected chi connectivity index (χ3v) is 14.0. The Kier molecular flexibility index (Phi) is 17.8. The van der Waals surface area contributed by atoms with E-state index in [9.17, 15) is 24.9 Å². The van der Waals surface area contributed by atoms with E-state index in [0.29, 0.717) is 58.3 Å². The summed E-state index contributed by atoms with van der Waals surface area (Å²) in [6, 6.07) is 46.1. The maximum atomic E-state index is 13.6. The Morgan fingerprint density at radius 3 is 1.27 bits per heavy atom. The fourth-order valence-corrected chi connectivity index (χ4v) is 10.0. The second-order valence-corrected chi connectivity index (χ2v) is 18.5. The first-order valence-electron chi connectivity index (χ1n) is 24.9. The number of methoxy groups -OCH3 is 4. The molecule has 6 aromatic rings. The quantitative estimate of drug-likeness (QED) is 0.0839. The highest BCUT2D eigenvalue weighted by Crippen LogP contribution is 2.44. The minimum atomic E-state index is -1.61. The van der Waals surface area contributed by atoms with E-state index in [-0.39, 0.29) is 45.1 Å². The van der Waals surface area contributed by atoms with Crippen LogP contribution in [0.5, 0.6) is 23.0 Å². The number of hydrogen-bond acceptors (Lipinski definition) is 13. The fourth-order valence-electron chi connectivity index (χ4n) is 10.0. The van der Waals surface area contributed by atoms with Gasteiger partial charge >= 0.3 is 12.2 Å². The SMILES string of the molecule is COc1ccc(C(O)(c2ccc(OC)cc2)[C@@H]2C[C@@H](O)CN2C(=O)OCc2ccccc2)cc1.COc1ccc(C(O)(c2ccc(OC)cc2)[C@@H]2C[C@@H](OC3CCCCO3)CN2C(=O)OCc2ccccc2)cc1. The Morgan fingerprint density at radius 2 is 0.905 bits per heavy atom. The van der Waals surface area contributed by atoms with E-state index in [1.807, 2.05) is 84.9 Å². The van der Waals surface area contributed by atoms with Crippen LogP contribution in [0, 0.1) is 0 Å². The van der Waals surface area contributed by atoms with Gasteiger partial charge in [-0.3, -0.25) is 9.80 Å². The number of likely N-dealkylation sites (tertiary alicyclic amines) is 2. The van der Waals surface area contributed by atoms with Crippen molar-refractivity contribution in [1.82, 2.24) is 9.80 Å². The van der Waals surface area contributed by atoms with Crippen LogP contribution in [0.15, 0.2) is 158 Å². The van der Waals surface area contributed by atoms with Crippen molar-refractivity contribution in [2.45, 2.75) is 87.1 Å². The zero-order chi connectivity index (χ0) is 52.1. The van der Waals surface area contributed by atoms with Crippen LogP contribution >= 0.6 is 0 Å². The molecular formula is C59H66N2O13. The summed E-state index contributed by atoms with van der Waals surface area (Å²) in [6.07, 6.45) is 0.888. The Balaban J connectivity index is 0.000000200. The number of β-amino-alcohol motifs (C(OH)–C–C–N with tert-alkyl or cyclic N) is 1. The van der Waals surface area contributed by atoms with Crippen LogP contribution in [0.1, 0.15) is 65.5 Å². The van der Waals surface area contributed by atoms with Crippen LogP contribution < -0.4 is 18.9 Å². The molecule has 0 bridgehead atoms. The average molecular weight is 1010 g/mol. The van der Waals surface area contributed by atoms with Crippen molar-refractivity contribution in [3.8, 4) is 23.0 Å². The minimum absolute atomic E-state index is 0.0624. The lowest BCUT2D eigenvalue weighted by molar-refractivity contribution is -0.185. The molecular weight excluding hydrogens is 945 g/mol. The molecule has 0 saturated carbocycles. The summed E-state index contributed by atoms with van der Waals surface area (Å²) in [5, 5.41) is 35.5. The van der Waals surface area contributed by atoms with Crippen LogP contribution in [0.25, 0.3) is 0 Å². The van der Waals surface area contributed by atoms with Crippen molar-refractivity contribution in [2.75, 3.05) is 48.1 Å². The van der Waals surface area contributed by atoms with E-state index in [1.165, 1.54) is 4.90 Å². The summed E-state index contributed by atoms with van der Waals surface area (Å²) < 4.78 is 44.8. The molecule has 3 N–H and O–H groups in total. The summed E-state index contributed by atoms with van der Waals surface area (Å²) >= 11 is 0. The highest BCUT2D eigenvalue weighted by atomic mass is 16.7. The maximum absolute atomic E-state index is 13.6. The lowest BCUT2D eigenvalue weighted by Crippen LogP contribution is -2.50. The number of nitrogens with zero attached hydrogens (tertiary/aromatic N) is 2. The van der Waals surface area contributed by atoms with Crippen LogP contribution in [0.4, 0.5) is 9.59 Å². The molecule has 0 radical (unpaired) electrons. The zero-order valence-corrected chi connectivity index (χ0v) is 42.3. The molecule has 390 valence electrons. The Labute approximate surface area is 432 Å². The van der Waals surface area contributed by atoms with E-state index in [2.05, 4.69) is 0 Å². The van der Waals surface area contributed by atoms with Crippen LogP contribution in [-0.2, 0) is 43.4 Å². The predicted molar refractivity (Wildman–Crippen MR) is 276 cm³/mol. The van der Waals surface area contributed by atoms with Gasteiger partial charge in [0.15, 0.2) is 6.29 Å². The number of aliphatic hydroxyl groups is 3. The molecule has 3 saturated heterocycles. The first-order chi connectivity index (χ1) is 36.0. The largest absolute Gasteiger partial charge is 0.497 e. The number of aliphatic hydroxyl groups excluding tert-OH is 1. The van der Waals surface area contributed by atoms with Gasteiger partial charge in [-0.05, 0) is 114 Å². The second kappa shape index (κ2) is 24.7. The Bertz CT molecular complexity index is 2590. The van der Waals surface area contributed by atoms with E-state index in [0.717, 1.165) is 30.4 Å². The molecule has 9 rings (SSSR count). The second-order valence-electron chi connectivity index (χ2n) is 18.5. The van der Waals surface area contributed by atoms with Gasteiger partial charge in [0, 0.05) is 6.61 Å². The fraction of sp³-hybridized carbons (Fsp3) is 0.356. The van der Waals surface area contributed by atoms with Crippen molar-refractivity contribution in [3.63, 3.8) is 0 Å². The lowest BCUT2D eigenvalue weighted by Gasteiger charge is -2.39. The van der Waals surface area contributed by atoms with Gasteiger partial charge in [-0.1, -0.05) is 109 Å². The Hall–Kier alpha value is -7.14. The van der Waals surface area contributed by atoms with Gasteiger partial charge in [-0.15, -0.1) is 0 Å². The highest BCUT2D eigenvalue weighted by Gasteiger charge is 2.52. The molecule has 3 heterocycles. The summed E-state index contributed by atoms with van der Waals surface area (Å²) in [5.41, 5.74) is 0.940. The molecule has 15 nitrogen and oxygen atoms in total. The number of amides is 2. The van der Waals surface area contributed by atoms with Crippen LogP contribution in [0.2, 0.25) is 0 Å². The normalized spacial score (nSPS) is 19.7. The Morgan fingerprint density at radius 1 is 0.527 bits per heavy atom. The summed E-state index contributed by atoms with van der Waals surface area (Å²) in [7, 11) is 6.34. The number of hydrogen-bond donors (Lipinski definition) is 3. The number of benzene rings is 6. The molecule has 6 aromatic carbocycles. The molecule has 1 unspecified atom stereocenters. The molecule has 5 atom stereocenters. The molecule has 3 fully saturated rings. The van der Waals surface area contributed by atoms with Crippen molar-refractivity contribution in [2.24, 2.45) is 0 Å². The molecule has 3 aliphatic rings. The number of rotatable bonds is 16. The van der Waals surface area contributed by atoms with Crippen molar-refractivity contribution < 1.29 is 62.8 Å². The first kappa shape index (κ1) is 53.2. The van der Waals surface area contributed by atoms with Crippen molar-refractivity contribution in [3.05, 3.63) is 191 Å². The van der Waals surface area contributed by atoms with Gasteiger partial charge < -0.3 is 53.2 Å². The highest BCUT2D eigenvalue weighted by molar-refractivity contribution is 5.70. The summed E-state index contributed by atoms with van der Waals surface area (Å²) in [5.74, 6) is 2.63. The van der Waals surface area contributed by atoms with E-state index in [4.69, 9.17) is 37.9 Å². The third-order valence-electron chi connectivity index (χ3n) is 14.0. The van der Waals surface area contributed by atoms with Crippen LogP contribution in [0.3, 0.4) is 0 Å². The van der Waals surface area contributed by atoms with Gasteiger partial charge in [0.25, 0.3) is 0 Å². The first-order valence-corrected chi connectivity index (χ1v) is 24.9. The average Bonchev–Trinajstić information content (AvgIpc) is 4.08. The van der Waals surface area contributed by atoms with Gasteiger partial charge in [-0.25, -0.2) is 9.59 Å². The number of carbonyl (C=O) groups excluding carboxylic acids is 2. The van der Waals surface area contributed by atoms with E-state index in [1.54, 1.807) is 106 Å². The maximum Gasteiger partial charge on any atom is 0.410 e. The van der Waals surface area contributed by atoms with Gasteiger partial charge in [0.05, 0.1) is 65.8 Å². The van der Waals surface area contributed by atoms with Crippen molar-refractivity contribution in [1.29, 1.82) is 0 Å². The van der Waals surface area contributed by atoms with Crippen LogP contribution in [-0.4, -0.2) is 116 Å². The standard InChI is InChI=1S/C32H37NO7.C27H29NO6/c1-36-26-15-11-24(12-16-26)32(35,25-13-17-27(37-2)18-14-25)29-20-28(40-30-10-6-7-19-38-30)21-33(29)31(34)39-22-23-8-4-3-5-9-23;1-32-23-12-8-20(9-13-23)27(31,21-10-14-24(33-2)15-11-21)25-16-22(29)17-28(25)26(30)34-18-19-6-4-3-5-7-19/h3-5,8-9,11-18,28-30,35H,6-7,10,19-22H2,1-2H3;3-15,22,25,29,31H,16-18H2,1-2H3/t28-,29+,30?;22-,25+/m11/s1. The van der Waals surface area contributed by atoms with E-state index < -0.39 is 41.6 Å². The van der Waals surface area contributed by atoms with Gasteiger partial charge in [0.2, 0.25) is 0 Å². The molecule has 0 spiro atoms. The number of ether oxygens (including phenoxy) is 8. The smallest absolute Gasteiger partial charge is 0.410 e. The van der Waals surface area contributed by atoms with E-state index >= 15 is 0 Å². The summed E-state index contributed by atoms with van der Waals surface area (Å²) in [6.45, 7) is 1.22. The molecule has 0 aromatic heterocycles. The van der Waals surface area contributed by atoms with Crippen molar-refractivity contribution >= 4 is 12.2 Å². The molecule has 2 amide bonds. The predicted octanol–water partition coefficient (Wildman–Crippen LogP) is 8.97. The lowest BCUT2D eigenvalue weighted by atomic mass is 9.78. The molecule has 0 aliphatic carbocycles.